The van der Waals surface area contributed by atoms with Gasteiger partial charge < -0.3 is 31.9 Å². The van der Waals surface area contributed by atoms with E-state index in [0.29, 0.717) is 0 Å². The predicted molar refractivity (Wildman–Crippen MR) is 93.9 cm³/mol. The van der Waals surface area contributed by atoms with Crippen molar-refractivity contribution in [1.29, 1.82) is 0 Å². The molecule has 26 heavy (non-hydrogen) atoms. The number of carboxylic acids is 1. The van der Waals surface area contributed by atoms with Gasteiger partial charge in [-0.25, -0.2) is 4.79 Å². The average molecular weight is 374 g/mol. The van der Waals surface area contributed by atoms with Gasteiger partial charge in [-0.05, 0) is 18.3 Å². The number of nitrogens with one attached hydrogen (secondary N) is 3. The van der Waals surface area contributed by atoms with Gasteiger partial charge in [0.05, 0.1) is 19.2 Å². The van der Waals surface area contributed by atoms with E-state index in [2.05, 4.69) is 16.0 Å². The molecule has 0 aromatic carbocycles. The highest BCUT2D eigenvalue weighted by Crippen LogP contribution is 2.05. The Balaban J connectivity index is 4.79. The summed E-state index contributed by atoms with van der Waals surface area (Å²) in [5.41, 5.74) is 5.67. The third-order valence-electron chi connectivity index (χ3n) is 3.60. The number of aliphatic carboxylic acids is 1. The van der Waals surface area contributed by atoms with Gasteiger partial charge in [0.15, 0.2) is 0 Å². The Morgan fingerprint density at radius 3 is 1.96 bits per heavy atom. The van der Waals surface area contributed by atoms with Crippen LogP contribution >= 0.6 is 0 Å². The van der Waals surface area contributed by atoms with E-state index in [-0.39, 0.29) is 24.8 Å². The summed E-state index contributed by atoms with van der Waals surface area (Å²) >= 11 is 0. The smallest absolute Gasteiger partial charge is 0.328 e. The molecule has 0 saturated carbocycles. The first-order chi connectivity index (χ1) is 12.0. The van der Waals surface area contributed by atoms with Gasteiger partial charge >= 0.3 is 5.97 Å². The molecule has 150 valence electrons. The van der Waals surface area contributed by atoms with Crippen LogP contribution in [0.5, 0.6) is 0 Å². The zero-order valence-corrected chi connectivity index (χ0v) is 15.6. The second-order valence-electron chi connectivity index (χ2n) is 6.82. The lowest BCUT2D eigenvalue weighted by Gasteiger charge is -2.22. The predicted octanol–water partition coefficient (Wildman–Crippen LogP) is -1.82. The number of carbonyl (C=O) groups excluding carboxylic acids is 3. The zero-order valence-electron chi connectivity index (χ0n) is 15.6. The van der Waals surface area contributed by atoms with E-state index in [9.17, 15) is 19.2 Å². The minimum atomic E-state index is -1.46. The van der Waals surface area contributed by atoms with Crippen LogP contribution in [0.4, 0.5) is 0 Å². The van der Waals surface area contributed by atoms with Crippen molar-refractivity contribution in [2.45, 2.75) is 52.2 Å². The van der Waals surface area contributed by atoms with Gasteiger partial charge in [0, 0.05) is 0 Å². The molecule has 3 atom stereocenters. The van der Waals surface area contributed by atoms with E-state index in [1.807, 2.05) is 13.8 Å². The first kappa shape index (κ1) is 23.8. The van der Waals surface area contributed by atoms with E-state index >= 15 is 0 Å². The fraction of sp³-hybridized carbons (Fsp3) is 0.750. The van der Waals surface area contributed by atoms with Crippen molar-refractivity contribution >= 4 is 23.7 Å². The zero-order chi connectivity index (χ0) is 20.4. The normalized spacial score (nSPS) is 14.5. The number of aliphatic hydroxyl groups excluding tert-OH is 1. The molecule has 0 aliphatic heterocycles. The summed E-state index contributed by atoms with van der Waals surface area (Å²) < 4.78 is 0. The number of carboxylic acid groups (broad SMARTS) is 1. The third kappa shape index (κ3) is 8.77. The van der Waals surface area contributed by atoms with Gasteiger partial charge in [0.25, 0.3) is 0 Å². The minimum absolute atomic E-state index is 0.0346. The van der Waals surface area contributed by atoms with E-state index in [0.717, 1.165) is 0 Å². The van der Waals surface area contributed by atoms with E-state index in [1.54, 1.807) is 13.8 Å². The first-order valence-electron chi connectivity index (χ1n) is 8.46. The van der Waals surface area contributed by atoms with Gasteiger partial charge in [-0.2, -0.15) is 0 Å². The van der Waals surface area contributed by atoms with Gasteiger partial charge in [-0.15, -0.1) is 0 Å². The van der Waals surface area contributed by atoms with Crippen LogP contribution in [0.15, 0.2) is 0 Å². The molecule has 3 unspecified atom stereocenters. The van der Waals surface area contributed by atoms with E-state index in [4.69, 9.17) is 15.9 Å². The number of carbonyl (C=O) groups is 4. The largest absolute Gasteiger partial charge is 0.480 e. The Morgan fingerprint density at radius 2 is 1.54 bits per heavy atom. The SMILES string of the molecule is CC(C)CC(NC(=O)CNC(=O)C(N)C(C)C)C(=O)NC(CO)C(=O)O. The van der Waals surface area contributed by atoms with Crippen molar-refractivity contribution in [2.24, 2.45) is 17.6 Å². The molecule has 3 amide bonds. The molecule has 7 N–H and O–H groups in total. The number of rotatable bonds is 11. The summed E-state index contributed by atoms with van der Waals surface area (Å²) in [7, 11) is 0. The van der Waals surface area contributed by atoms with Crippen LogP contribution in [0, 0.1) is 11.8 Å². The second-order valence-corrected chi connectivity index (χ2v) is 6.82. The van der Waals surface area contributed by atoms with E-state index < -0.39 is 48.4 Å². The maximum atomic E-state index is 12.2. The number of amides is 3. The Kier molecular flexibility index (Phi) is 10.5. The summed E-state index contributed by atoms with van der Waals surface area (Å²) in [6, 6.07) is -3.21. The van der Waals surface area contributed by atoms with Gasteiger partial charge in [-0.3, -0.25) is 14.4 Å². The van der Waals surface area contributed by atoms with Crippen LogP contribution in [-0.2, 0) is 19.2 Å². The standard InChI is InChI=1S/C16H30N4O6/c1-8(2)5-10(14(23)20-11(7-21)16(25)26)19-12(22)6-18-15(24)13(17)9(3)4/h8-11,13,21H,5-7,17H2,1-4H3,(H,18,24)(H,19,22)(H,20,23)(H,25,26). The quantitative estimate of drug-likeness (QED) is 0.247. The van der Waals surface area contributed by atoms with Crippen LogP contribution in [0.2, 0.25) is 0 Å². The summed E-state index contributed by atoms with van der Waals surface area (Å²) in [5, 5.41) is 24.9. The fourth-order valence-corrected chi connectivity index (χ4v) is 1.99. The molecule has 0 aromatic heterocycles. The molecule has 0 rings (SSSR count). The van der Waals surface area contributed by atoms with Crippen LogP contribution in [0.1, 0.15) is 34.1 Å². The lowest BCUT2D eigenvalue weighted by molar-refractivity contribution is -0.143. The van der Waals surface area contributed by atoms with Crippen molar-refractivity contribution in [2.75, 3.05) is 13.2 Å². The van der Waals surface area contributed by atoms with Crippen LogP contribution in [0.25, 0.3) is 0 Å². The number of hydrogen-bond donors (Lipinski definition) is 6. The molecule has 0 aliphatic rings. The molecule has 0 aromatic rings. The number of aliphatic hydroxyl groups is 1. The Bertz CT molecular complexity index is 509. The Hall–Kier alpha value is -2.20. The molecular weight excluding hydrogens is 344 g/mol. The number of nitrogens with two attached hydrogens (primary N) is 1. The molecule has 10 heteroatoms. The fourth-order valence-electron chi connectivity index (χ4n) is 1.99. The lowest BCUT2D eigenvalue weighted by atomic mass is 10.0. The van der Waals surface area contributed by atoms with Crippen molar-refractivity contribution in [3.05, 3.63) is 0 Å². The van der Waals surface area contributed by atoms with Crippen LogP contribution < -0.4 is 21.7 Å². The molecule has 0 saturated heterocycles. The maximum absolute atomic E-state index is 12.2. The molecule has 0 bridgehead atoms. The summed E-state index contributed by atoms with van der Waals surface area (Å²) in [5.74, 6) is -3.25. The van der Waals surface area contributed by atoms with E-state index in [1.165, 1.54) is 0 Å². The van der Waals surface area contributed by atoms with Crippen molar-refractivity contribution in [3.8, 4) is 0 Å². The highest BCUT2D eigenvalue weighted by molar-refractivity contribution is 5.92. The monoisotopic (exact) mass is 374 g/mol. The number of hydrogen-bond acceptors (Lipinski definition) is 6. The first-order valence-corrected chi connectivity index (χ1v) is 8.46. The van der Waals surface area contributed by atoms with Crippen molar-refractivity contribution in [3.63, 3.8) is 0 Å². The summed E-state index contributed by atoms with van der Waals surface area (Å²) in [4.78, 5) is 46.9. The average Bonchev–Trinajstić information content (AvgIpc) is 2.54. The Morgan fingerprint density at radius 1 is 0.962 bits per heavy atom. The highest BCUT2D eigenvalue weighted by Gasteiger charge is 2.27. The molecule has 0 fully saturated rings. The summed E-state index contributed by atoms with van der Waals surface area (Å²) in [6.45, 7) is 6.07. The van der Waals surface area contributed by atoms with Crippen LogP contribution in [0.3, 0.4) is 0 Å². The molecule has 10 nitrogen and oxygen atoms in total. The lowest BCUT2D eigenvalue weighted by Crippen LogP contribution is -2.55. The highest BCUT2D eigenvalue weighted by atomic mass is 16.4. The minimum Gasteiger partial charge on any atom is -0.480 e. The van der Waals surface area contributed by atoms with Crippen molar-refractivity contribution < 1.29 is 29.4 Å². The van der Waals surface area contributed by atoms with Gasteiger partial charge in [0.1, 0.15) is 12.1 Å². The van der Waals surface area contributed by atoms with Gasteiger partial charge in [-0.1, -0.05) is 27.7 Å². The van der Waals surface area contributed by atoms with Crippen LogP contribution in [-0.4, -0.2) is 65.2 Å². The maximum Gasteiger partial charge on any atom is 0.328 e. The Labute approximate surface area is 152 Å². The molecule has 0 spiro atoms. The third-order valence-corrected chi connectivity index (χ3v) is 3.60. The van der Waals surface area contributed by atoms with Gasteiger partial charge in [0.2, 0.25) is 17.7 Å². The topological polar surface area (TPSA) is 171 Å². The molecule has 0 aliphatic carbocycles. The van der Waals surface area contributed by atoms with Crippen molar-refractivity contribution in [1.82, 2.24) is 16.0 Å². The second kappa shape index (κ2) is 11.4. The summed E-state index contributed by atoms with van der Waals surface area (Å²) in [6.07, 6.45) is 0.259. The molecule has 0 heterocycles. The molecule has 0 radical (unpaired) electrons. The molecular formula is C16H30N4O6.